The van der Waals surface area contributed by atoms with Crippen LogP contribution in [0.15, 0.2) is 17.0 Å². The van der Waals surface area contributed by atoms with Crippen LogP contribution in [0.4, 0.5) is 0 Å². The Bertz CT molecular complexity index is 482. The number of rotatable bonds is 4. The third kappa shape index (κ3) is 2.52. The number of aryl methyl sites for hydroxylation is 2. The van der Waals surface area contributed by atoms with Crippen molar-refractivity contribution in [1.82, 2.24) is 20.4 Å². The summed E-state index contributed by atoms with van der Waals surface area (Å²) in [5.41, 5.74) is 2.13. The highest BCUT2D eigenvalue weighted by molar-refractivity contribution is 5.96. The molecule has 6 nitrogen and oxygen atoms in total. The number of H-pyrrole nitrogens is 1. The maximum Gasteiger partial charge on any atom is 0.256 e. The second-order valence-electron chi connectivity index (χ2n) is 3.78. The first-order valence-corrected chi connectivity index (χ1v) is 5.37. The summed E-state index contributed by atoms with van der Waals surface area (Å²) >= 11 is 0. The van der Waals surface area contributed by atoms with E-state index in [0.717, 1.165) is 12.1 Å². The number of amides is 1. The van der Waals surface area contributed by atoms with Crippen molar-refractivity contribution in [2.24, 2.45) is 0 Å². The van der Waals surface area contributed by atoms with Gasteiger partial charge >= 0.3 is 0 Å². The molecule has 0 atom stereocenters. The number of hydrogen-bond donors (Lipinski definition) is 2. The predicted octanol–water partition coefficient (Wildman–Crippen LogP) is 0.987. The number of carbonyl (C=O) groups is 1. The van der Waals surface area contributed by atoms with Crippen molar-refractivity contribution in [2.75, 3.05) is 6.54 Å². The summed E-state index contributed by atoms with van der Waals surface area (Å²) in [7, 11) is 0. The van der Waals surface area contributed by atoms with Gasteiger partial charge in [-0.05, 0) is 13.8 Å². The van der Waals surface area contributed by atoms with Crippen LogP contribution in [0.2, 0.25) is 0 Å². The molecule has 0 radical (unpaired) electrons. The summed E-state index contributed by atoms with van der Waals surface area (Å²) in [6, 6.07) is 0. The molecule has 2 heterocycles. The van der Waals surface area contributed by atoms with E-state index in [2.05, 4.69) is 20.4 Å². The zero-order valence-corrected chi connectivity index (χ0v) is 9.78. The number of imidazole rings is 1. The van der Waals surface area contributed by atoms with E-state index in [9.17, 15) is 4.79 Å². The fraction of sp³-hybridized carbons (Fsp3) is 0.364. The zero-order valence-electron chi connectivity index (χ0n) is 9.78. The van der Waals surface area contributed by atoms with E-state index in [1.807, 2.05) is 0 Å². The lowest BCUT2D eigenvalue weighted by Gasteiger charge is -2.03. The van der Waals surface area contributed by atoms with Crippen LogP contribution >= 0.6 is 0 Å². The number of nitrogens with one attached hydrogen (secondary N) is 2. The molecular formula is C11H14N4O2. The molecule has 0 aliphatic rings. The molecular weight excluding hydrogens is 220 g/mol. The smallest absolute Gasteiger partial charge is 0.256 e. The van der Waals surface area contributed by atoms with E-state index >= 15 is 0 Å². The lowest BCUT2D eigenvalue weighted by molar-refractivity contribution is 0.0952. The molecule has 0 bridgehead atoms. The van der Waals surface area contributed by atoms with Gasteiger partial charge in [-0.1, -0.05) is 5.16 Å². The van der Waals surface area contributed by atoms with Gasteiger partial charge in [0.25, 0.3) is 5.91 Å². The summed E-state index contributed by atoms with van der Waals surface area (Å²) in [5, 5.41) is 6.56. The fourth-order valence-corrected chi connectivity index (χ4v) is 1.63. The summed E-state index contributed by atoms with van der Waals surface area (Å²) < 4.78 is 4.94. The Labute approximate surface area is 98.4 Å². The van der Waals surface area contributed by atoms with Gasteiger partial charge in [0.2, 0.25) is 0 Å². The minimum atomic E-state index is -0.152. The average molecular weight is 234 g/mol. The fourth-order valence-electron chi connectivity index (χ4n) is 1.63. The first-order chi connectivity index (χ1) is 8.18. The van der Waals surface area contributed by atoms with Gasteiger partial charge in [0.1, 0.15) is 11.3 Å². The van der Waals surface area contributed by atoms with E-state index in [1.165, 1.54) is 0 Å². The quantitative estimate of drug-likeness (QED) is 0.826. The Kier molecular flexibility index (Phi) is 3.22. The standard InChI is InChI=1S/C11H14N4O2/c1-7-10(8(2)17-15-7)11(16)13-4-3-9-5-12-6-14-9/h5-6H,3-4H2,1-2H3,(H,12,14)(H,13,16). The normalized spacial score (nSPS) is 10.5. The van der Waals surface area contributed by atoms with Crippen LogP contribution in [0, 0.1) is 13.8 Å². The molecule has 0 saturated carbocycles. The lowest BCUT2D eigenvalue weighted by atomic mass is 10.2. The molecule has 2 N–H and O–H groups in total. The Morgan fingerprint density at radius 3 is 2.94 bits per heavy atom. The van der Waals surface area contributed by atoms with Crippen molar-refractivity contribution in [1.29, 1.82) is 0 Å². The van der Waals surface area contributed by atoms with Gasteiger partial charge in [0, 0.05) is 24.9 Å². The van der Waals surface area contributed by atoms with E-state index in [0.29, 0.717) is 23.6 Å². The SMILES string of the molecule is Cc1noc(C)c1C(=O)NCCc1cnc[nH]1. The molecule has 0 saturated heterocycles. The topological polar surface area (TPSA) is 83.8 Å². The number of aromatic nitrogens is 3. The third-order valence-corrected chi connectivity index (χ3v) is 2.50. The maximum atomic E-state index is 11.8. The molecule has 0 fully saturated rings. The molecule has 90 valence electrons. The first kappa shape index (κ1) is 11.4. The zero-order chi connectivity index (χ0) is 12.3. The highest BCUT2D eigenvalue weighted by atomic mass is 16.5. The highest BCUT2D eigenvalue weighted by Crippen LogP contribution is 2.11. The number of nitrogens with zero attached hydrogens (tertiary/aromatic N) is 2. The van der Waals surface area contributed by atoms with Crippen molar-refractivity contribution < 1.29 is 9.32 Å². The Hall–Kier alpha value is -2.11. The lowest BCUT2D eigenvalue weighted by Crippen LogP contribution is -2.26. The van der Waals surface area contributed by atoms with E-state index < -0.39 is 0 Å². The van der Waals surface area contributed by atoms with Gasteiger partial charge in [-0.15, -0.1) is 0 Å². The summed E-state index contributed by atoms with van der Waals surface area (Å²) in [5.74, 6) is 0.391. The summed E-state index contributed by atoms with van der Waals surface area (Å²) in [4.78, 5) is 18.7. The molecule has 2 rings (SSSR count). The van der Waals surface area contributed by atoms with Gasteiger partial charge < -0.3 is 14.8 Å². The molecule has 2 aromatic heterocycles. The van der Waals surface area contributed by atoms with Crippen LogP contribution in [0.25, 0.3) is 0 Å². The molecule has 0 aliphatic carbocycles. The van der Waals surface area contributed by atoms with Gasteiger partial charge in [-0.25, -0.2) is 4.98 Å². The largest absolute Gasteiger partial charge is 0.361 e. The molecule has 1 amide bonds. The number of carbonyl (C=O) groups excluding carboxylic acids is 1. The second-order valence-corrected chi connectivity index (χ2v) is 3.78. The molecule has 0 aromatic carbocycles. The van der Waals surface area contributed by atoms with Crippen molar-refractivity contribution in [3.8, 4) is 0 Å². The van der Waals surface area contributed by atoms with Crippen molar-refractivity contribution >= 4 is 5.91 Å². The third-order valence-electron chi connectivity index (χ3n) is 2.50. The Morgan fingerprint density at radius 2 is 2.35 bits per heavy atom. The van der Waals surface area contributed by atoms with E-state index in [-0.39, 0.29) is 5.91 Å². The minimum Gasteiger partial charge on any atom is -0.361 e. The summed E-state index contributed by atoms with van der Waals surface area (Å²) in [6.45, 7) is 4.02. The minimum absolute atomic E-state index is 0.152. The van der Waals surface area contributed by atoms with E-state index in [4.69, 9.17) is 4.52 Å². The van der Waals surface area contributed by atoms with Crippen LogP contribution in [0.1, 0.15) is 27.5 Å². The average Bonchev–Trinajstić information content (AvgIpc) is 2.89. The van der Waals surface area contributed by atoms with Crippen LogP contribution in [0.5, 0.6) is 0 Å². The Balaban J connectivity index is 1.90. The van der Waals surface area contributed by atoms with Gasteiger partial charge in [-0.2, -0.15) is 0 Å². The molecule has 17 heavy (non-hydrogen) atoms. The van der Waals surface area contributed by atoms with Crippen LogP contribution in [-0.4, -0.2) is 27.6 Å². The van der Waals surface area contributed by atoms with Crippen LogP contribution in [-0.2, 0) is 6.42 Å². The van der Waals surface area contributed by atoms with Gasteiger partial charge in [0.05, 0.1) is 12.0 Å². The molecule has 0 aliphatic heterocycles. The molecule has 6 heteroatoms. The van der Waals surface area contributed by atoms with Crippen molar-refractivity contribution in [3.05, 3.63) is 35.2 Å². The van der Waals surface area contributed by atoms with Gasteiger partial charge in [-0.3, -0.25) is 4.79 Å². The number of aromatic amines is 1. The molecule has 0 unspecified atom stereocenters. The highest BCUT2D eigenvalue weighted by Gasteiger charge is 2.16. The monoisotopic (exact) mass is 234 g/mol. The maximum absolute atomic E-state index is 11.8. The van der Waals surface area contributed by atoms with Crippen LogP contribution < -0.4 is 5.32 Å². The second kappa shape index (κ2) is 4.82. The van der Waals surface area contributed by atoms with Crippen LogP contribution in [0.3, 0.4) is 0 Å². The number of hydrogen-bond acceptors (Lipinski definition) is 4. The Morgan fingerprint density at radius 1 is 1.53 bits per heavy atom. The molecule has 0 spiro atoms. The molecule has 2 aromatic rings. The first-order valence-electron chi connectivity index (χ1n) is 5.37. The van der Waals surface area contributed by atoms with E-state index in [1.54, 1.807) is 26.4 Å². The van der Waals surface area contributed by atoms with Crippen molar-refractivity contribution in [2.45, 2.75) is 20.3 Å². The predicted molar refractivity (Wildman–Crippen MR) is 60.6 cm³/mol. The summed E-state index contributed by atoms with van der Waals surface area (Å²) in [6.07, 6.45) is 4.07. The van der Waals surface area contributed by atoms with Gasteiger partial charge in [0.15, 0.2) is 0 Å². The van der Waals surface area contributed by atoms with Crippen molar-refractivity contribution in [3.63, 3.8) is 0 Å².